The van der Waals surface area contributed by atoms with E-state index in [4.69, 9.17) is 23.9 Å². The van der Waals surface area contributed by atoms with Crippen molar-refractivity contribution in [3.05, 3.63) is 35.9 Å². The van der Waals surface area contributed by atoms with Gasteiger partial charge in [-0.15, -0.1) is 0 Å². The van der Waals surface area contributed by atoms with Crippen LogP contribution in [0.4, 0.5) is 5.13 Å². The summed E-state index contributed by atoms with van der Waals surface area (Å²) in [4.78, 5) is 22.5. The summed E-state index contributed by atoms with van der Waals surface area (Å²) in [7, 11) is 6.32. The van der Waals surface area contributed by atoms with Crippen LogP contribution in [0.2, 0.25) is 0 Å². The summed E-state index contributed by atoms with van der Waals surface area (Å²) in [6.07, 6.45) is 0. The van der Waals surface area contributed by atoms with E-state index < -0.39 is 0 Å². The molecular weight excluding hydrogens is 442 g/mol. The van der Waals surface area contributed by atoms with E-state index in [1.807, 2.05) is 12.1 Å². The van der Waals surface area contributed by atoms with Crippen molar-refractivity contribution in [3.8, 4) is 23.0 Å². The topological polar surface area (TPSA) is 73.4 Å². The van der Waals surface area contributed by atoms with Gasteiger partial charge in [0.25, 0.3) is 5.91 Å². The van der Waals surface area contributed by atoms with Crippen LogP contribution in [0.1, 0.15) is 24.2 Å². The van der Waals surface area contributed by atoms with Gasteiger partial charge in [0.05, 0.1) is 38.7 Å². The summed E-state index contributed by atoms with van der Waals surface area (Å²) >= 11 is 1.44. The zero-order chi connectivity index (χ0) is 24.0. The summed E-state index contributed by atoms with van der Waals surface area (Å²) in [6.45, 7) is 7.24. The number of anilines is 1. The predicted octanol–water partition coefficient (Wildman–Crippen LogP) is 4.32. The highest BCUT2D eigenvalue weighted by Crippen LogP contribution is 2.38. The Morgan fingerprint density at radius 2 is 1.45 bits per heavy atom. The molecule has 3 rings (SSSR count). The van der Waals surface area contributed by atoms with Gasteiger partial charge in [0, 0.05) is 36.9 Å². The molecule has 0 N–H and O–H groups in total. The van der Waals surface area contributed by atoms with Crippen LogP contribution in [0.5, 0.6) is 23.0 Å². The number of thiazole rings is 1. The molecule has 2 aromatic carbocycles. The fourth-order valence-electron chi connectivity index (χ4n) is 3.51. The van der Waals surface area contributed by atoms with Gasteiger partial charge in [0.1, 0.15) is 11.5 Å². The van der Waals surface area contributed by atoms with Crippen molar-refractivity contribution < 1.29 is 23.7 Å². The molecule has 0 saturated carbocycles. The first kappa shape index (κ1) is 24.6. The van der Waals surface area contributed by atoms with E-state index in [2.05, 4.69) is 18.7 Å². The summed E-state index contributed by atoms with van der Waals surface area (Å²) in [6, 6.07) is 8.89. The van der Waals surface area contributed by atoms with Gasteiger partial charge in [-0.3, -0.25) is 9.69 Å². The van der Waals surface area contributed by atoms with Crippen LogP contribution < -0.4 is 23.8 Å². The second-order valence-corrected chi connectivity index (χ2v) is 8.27. The number of fused-ring (bicyclic) bond motifs is 1. The second kappa shape index (κ2) is 11.2. The van der Waals surface area contributed by atoms with E-state index in [9.17, 15) is 4.79 Å². The Morgan fingerprint density at radius 3 is 2.00 bits per heavy atom. The van der Waals surface area contributed by atoms with Crippen molar-refractivity contribution in [1.82, 2.24) is 9.88 Å². The number of carbonyl (C=O) groups excluding carboxylic acids is 1. The Kier molecular flexibility index (Phi) is 8.35. The van der Waals surface area contributed by atoms with Gasteiger partial charge in [-0.05, 0) is 25.2 Å². The minimum Gasteiger partial charge on any atom is -0.497 e. The third-order valence-electron chi connectivity index (χ3n) is 5.49. The van der Waals surface area contributed by atoms with E-state index in [0.29, 0.717) is 40.2 Å². The lowest BCUT2D eigenvalue weighted by molar-refractivity contribution is 0.0983. The van der Waals surface area contributed by atoms with Crippen molar-refractivity contribution in [2.45, 2.75) is 13.8 Å². The molecule has 178 valence electrons. The number of carbonyl (C=O) groups is 1. The van der Waals surface area contributed by atoms with Crippen LogP contribution in [0.15, 0.2) is 30.3 Å². The first-order chi connectivity index (χ1) is 16.0. The molecule has 33 heavy (non-hydrogen) atoms. The maximum absolute atomic E-state index is 13.7. The Balaban J connectivity index is 2.05. The molecule has 0 aliphatic heterocycles. The summed E-state index contributed by atoms with van der Waals surface area (Å²) in [5.41, 5.74) is 1.22. The second-order valence-electron chi connectivity index (χ2n) is 7.26. The predicted molar refractivity (Wildman–Crippen MR) is 132 cm³/mol. The molecular formula is C24H31N3O5S. The molecule has 1 heterocycles. The Hall–Kier alpha value is -3.04. The number of nitrogens with zero attached hydrogens (tertiary/aromatic N) is 3. The lowest BCUT2D eigenvalue weighted by Gasteiger charge is -2.25. The average Bonchev–Trinajstić information content (AvgIpc) is 3.27. The van der Waals surface area contributed by atoms with E-state index in [-0.39, 0.29) is 5.91 Å². The van der Waals surface area contributed by atoms with Crippen molar-refractivity contribution in [2.24, 2.45) is 0 Å². The molecule has 3 aromatic rings. The van der Waals surface area contributed by atoms with Crippen molar-refractivity contribution >= 4 is 32.6 Å². The first-order valence-corrected chi connectivity index (χ1v) is 11.6. The minimum atomic E-state index is -0.169. The van der Waals surface area contributed by atoms with Gasteiger partial charge in [0.2, 0.25) is 0 Å². The first-order valence-electron chi connectivity index (χ1n) is 10.8. The highest BCUT2D eigenvalue weighted by Gasteiger charge is 2.24. The number of ether oxygens (including phenoxy) is 4. The van der Waals surface area contributed by atoms with Gasteiger partial charge in [-0.1, -0.05) is 25.2 Å². The van der Waals surface area contributed by atoms with Crippen LogP contribution in [0.3, 0.4) is 0 Å². The Morgan fingerprint density at radius 1 is 0.848 bits per heavy atom. The normalized spacial score (nSPS) is 11.0. The lowest BCUT2D eigenvalue weighted by Crippen LogP contribution is -2.38. The van der Waals surface area contributed by atoms with Gasteiger partial charge in [-0.2, -0.15) is 0 Å². The highest BCUT2D eigenvalue weighted by atomic mass is 32.1. The molecule has 0 spiro atoms. The van der Waals surface area contributed by atoms with E-state index >= 15 is 0 Å². The van der Waals surface area contributed by atoms with Crippen LogP contribution in [0, 0.1) is 0 Å². The number of rotatable bonds is 11. The third-order valence-corrected chi connectivity index (χ3v) is 6.53. The lowest BCUT2D eigenvalue weighted by atomic mass is 10.1. The maximum Gasteiger partial charge on any atom is 0.260 e. The van der Waals surface area contributed by atoms with Crippen LogP contribution in [-0.2, 0) is 0 Å². The molecule has 1 aromatic heterocycles. The van der Waals surface area contributed by atoms with Gasteiger partial charge < -0.3 is 23.8 Å². The molecule has 0 radical (unpaired) electrons. The van der Waals surface area contributed by atoms with Crippen molar-refractivity contribution in [3.63, 3.8) is 0 Å². The number of aromatic nitrogens is 1. The molecule has 0 unspecified atom stereocenters. The molecule has 0 aliphatic carbocycles. The highest BCUT2D eigenvalue weighted by molar-refractivity contribution is 7.22. The zero-order valence-corrected chi connectivity index (χ0v) is 20.8. The number of hydrogen-bond acceptors (Lipinski definition) is 8. The summed E-state index contributed by atoms with van der Waals surface area (Å²) in [5, 5.41) is 0.610. The van der Waals surface area contributed by atoms with Crippen molar-refractivity contribution in [2.75, 3.05) is 59.5 Å². The zero-order valence-electron chi connectivity index (χ0n) is 20.0. The number of methoxy groups -OCH3 is 4. The maximum atomic E-state index is 13.7. The quantitative estimate of drug-likeness (QED) is 0.411. The largest absolute Gasteiger partial charge is 0.497 e. The molecule has 0 atom stereocenters. The van der Waals surface area contributed by atoms with Gasteiger partial charge in [0.15, 0.2) is 16.6 Å². The number of hydrogen-bond donors (Lipinski definition) is 0. The molecule has 1 amide bonds. The third kappa shape index (κ3) is 5.48. The van der Waals surface area contributed by atoms with E-state index in [1.54, 1.807) is 51.5 Å². The summed E-state index contributed by atoms with van der Waals surface area (Å²) < 4.78 is 22.5. The van der Waals surface area contributed by atoms with E-state index in [0.717, 1.165) is 29.9 Å². The molecule has 0 fully saturated rings. The number of benzene rings is 2. The van der Waals surface area contributed by atoms with Crippen molar-refractivity contribution in [1.29, 1.82) is 0 Å². The molecule has 0 saturated heterocycles. The molecule has 9 heteroatoms. The average molecular weight is 474 g/mol. The fourth-order valence-corrected chi connectivity index (χ4v) is 4.51. The Bertz CT molecular complexity index is 1030. The number of likely N-dealkylation sites (N-methyl/N-ethyl adjacent to an activating group) is 1. The standard InChI is InChI=1S/C24H31N3O5S/c1-7-26(8-2)9-10-27(23(28)16-11-17(29-3)13-18(12-16)30-4)24-25-19-14-20(31-5)21(32-6)15-22(19)33-24/h11-15H,7-10H2,1-6H3. The van der Waals surface area contributed by atoms with Gasteiger partial charge >= 0.3 is 0 Å². The monoisotopic (exact) mass is 473 g/mol. The molecule has 0 bridgehead atoms. The minimum absolute atomic E-state index is 0.169. The Labute approximate surface area is 198 Å². The number of amides is 1. The van der Waals surface area contributed by atoms with Crippen LogP contribution in [0.25, 0.3) is 10.2 Å². The smallest absolute Gasteiger partial charge is 0.260 e. The fraction of sp³-hybridized carbons (Fsp3) is 0.417. The molecule has 0 aliphatic rings. The van der Waals surface area contributed by atoms with E-state index in [1.165, 1.54) is 11.3 Å². The SMILES string of the molecule is CCN(CC)CCN(C(=O)c1cc(OC)cc(OC)c1)c1nc2cc(OC)c(OC)cc2s1. The van der Waals surface area contributed by atoms with Crippen LogP contribution >= 0.6 is 11.3 Å². The van der Waals surface area contributed by atoms with Gasteiger partial charge in [-0.25, -0.2) is 4.98 Å². The van der Waals surface area contributed by atoms with Crippen LogP contribution in [-0.4, -0.2) is 70.4 Å². The molecule has 8 nitrogen and oxygen atoms in total. The summed E-state index contributed by atoms with van der Waals surface area (Å²) in [5.74, 6) is 2.16.